The minimum atomic E-state index is 0.319. The molecule has 0 atom stereocenters. The smallest absolute Gasteiger partial charge is 0.216 e. The van der Waals surface area contributed by atoms with E-state index in [1.807, 2.05) is 6.08 Å². The molecule has 0 amide bonds. The van der Waals surface area contributed by atoms with Crippen molar-refractivity contribution >= 4 is 29.2 Å². The molecule has 3 heteroatoms. The average molecular weight is 162 g/mol. The first-order chi connectivity index (χ1) is 4.27. The maximum Gasteiger partial charge on any atom is 0.216 e. The number of hydrogen-bond donors (Lipinski definition) is 1. The topological polar surface area (TPSA) is 9.23 Å². The molecule has 0 fully saturated rings. The Labute approximate surface area is 66.5 Å². The fraction of sp³-hybridized carbons (Fsp3) is 0.500. The summed E-state index contributed by atoms with van der Waals surface area (Å²) in [6, 6.07) is 0. The Kier molecular flexibility index (Phi) is 6.09. The Morgan fingerprint density at radius 2 is 2.44 bits per heavy atom. The molecule has 0 spiro atoms. The van der Waals surface area contributed by atoms with Crippen LogP contribution in [0, 0.1) is 0 Å². The van der Waals surface area contributed by atoms with Crippen molar-refractivity contribution in [1.82, 2.24) is 0 Å². The third kappa shape index (κ3) is 7.98. The predicted molar refractivity (Wildman–Crippen MR) is 47.0 cm³/mol. The van der Waals surface area contributed by atoms with E-state index >= 15 is 0 Å². The second-order valence-electron chi connectivity index (χ2n) is 1.55. The molecule has 0 saturated carbocycles. The van der Waals surface area contributed by atoms with Gasteiger partial charge in [0.25, 0.3) is 0 Å². The third-order valence-electron chi connectivity index (χ3n) is 0.778. The maximum absolute atomic E-state index is 4.89. The van der Waals surface area contributed by atoms with Crippen molar-refractivity contribution < 1.29 is 4.74 Å². The summed E-state index contributed by atoms with van der Waals surface area (Å²) in [6.45, 7) is 4.22. The van der Waals surface area contributed by atoms with E-state index in [1.54, 1.807) is 0 Å². The first kappa shape index (κ1) is 8.98. The highest BCUT2D eigenvalue weighted by Crippen LogP contribution is 1.93. The number of unbranched alkanes of at least 4 members (excludes halogenated alkanes) is 1. The highest BCUT2D eigenvalue weighted by Gasteiger charge is 1.86. The van der Waals surface area contributed by atoms with E-state index in [-0.39, 0.29) is 0 Å². The number of allylic oxidation sites excluding steroid dienone is 1. The lowest BCUT2D eigenvalue weighted by Gasteiger charge is -1.98. The Bertz CT molecular complexity index is 101. The summed E-state index contributed by atoms with van der Waals surface area (Å²) in [5.41, 5.74) is 0. The minimum Gasteiger partial charge on any atom is -0.479 e. The van der Waals surface area contributed by atoms with Crippen LogP contribution in [0.2, 0.25) is 0 Å². The molecule has 0 radical (unpaired) electrons. The maximum atomic E-state index is 4.89. The lowest BCUT2D eigenvalue weighted by Crippen LogP contribution is -1.94. The molecule has 0 rings (SSSR count). The molecule has 0 aliphatic rings. The third-order valence-corrected chi connectivity index (χ3v) is 1.03. The number of thiocarbonyl (C=S) groups is 1. The lowest BCUT2D eigenvalue weighted by atomic mass is 10.3. The van der Waals surface area contributed by atoms with E-state index in [0.717, 1.165) is 12.8 Å². The first-order valence-electron chi connectivity index (χ1n) is 2.74. The van der Waals surface area contributed by atoms with Gasteiger partial charge >= 0.3 is 0 Å². The summed E-state index contributed by atoms with van der Waals surface area (Å²) in [4.78, 5) is 0. The zero-order valence-corrected chi connectivity index (χ0v) is 6.88. The molecule has 52 valence electrons. The monoisotopic (exact) mass is 162 g/mol. The molecule has 0 aromatic heterocycles. The molecule has 0 aromatic rings. The van der Waals surface area contributed by atoms with Crippen molar-refractivity contribution in [1.29, 1.82) is 0 Å². The van der Waals surface area contributed by atoms with Crippen LogP contribution < -0.4 is 0 Å². The van der Waals surface area contributed by atoms with Crippen LogP contribution in [0.4, 0.5) is 0 Å². The molecule has 0 aliphatic heterocycles. The number of rotatable bonds is 4. The second kappa shape index (κ2) is 6.11. The second-order valence-corrected chi connectivity index (χ2v) is 2.62. The molecule has 0 bridgehead atoms. The summed E-state index contributed by atoms with van der Waals surface area (Å²) in [7, 11) is 0. The first-order valence-corrected chi connectivity index (χ1v) is 3.59. The van der Waals surface area contributed by atoms with Gasteiger partial charge in [-0.05, 0) is 25.1 Å². The number of thiol groups is 1. The van der Waals surface area contributed by atoms with Gasteiger partial charge in [-0.3, -0.25) is 0 Å². The van der Waals surface area contributed by atoms with Crippen LogP contribution in [0.1, 0.15) is 12.8 Å². The van der Waals surface area contributed by atoms with Crippen LogP contribution in [-0.4, -0.2) is 11.0 Å². The minimum absolute atomic E-state index is 0.319. The predicted octanol–water partition coefficient (Wildman–Crippen LogP) is 2.18. The van der Waals surface area contributed by atoms with Gasteiger partial charge < -0.3 is 4.74 Å². The summed E-state index contributed by atoms with van der Waals surface area (Å²) in [6.07, 6.45) is 3.78. The van der Waals surface area contributed by atoms with Gasteiger partial charge in [-0.2, -0.15) is 0 Å². The quantitative estimate of drug-likeness (QED) is 0.294. The number of ether oxygens (including phenoxy) is 1. The molecule has 1 nitrogen and oxygen atoms in total. The van der Waals surface area contributed by atoms with Crippen LogP contribution >= 0.6 is 24.8 Å². The van der Waals surface area contributed by atoms with Gasteiger partial charge in [0.2, 0.25) is 4.38 Å². The zero-order chi connectivity index (χ0) is 7.11. The van der Waals surface area contributed by atoms with Crippen molar-refractivity contribution in [3.05, 3.63) is 12.7 Å². The number of hydrogen-bond acceptors (Lipinski definition) is 2. The molecule has 9 heavy (non-hydrogen) atoms. The van der Waals surface area contributed by atoms with E-state index in [1.165, 1.54) is 0 Å². The van der Waals surface area contributed by atoms with E-state index < -0.39 is 0 Å². The van der Waals surface area contributed by atoms with Crippen molar-refractivity contribution in [2.75, 3.05) is 6.61 Å². The molecule has 0 saturated heterocycles. The summed E-state index contributed by atoms with van der Waals surface area (Å²) in [5, 5.41) is 0. The molecule has 0 aromatic carbocycles. The Balaban J connectivity index is 2.91. The van der Waals surface area contributed by atoms with Crippen LogP contribution in [0.25, 0.3) is 0 Å². The van der Waals surface area contributed by atoms with Crippen LogP contribution in [-0.2, 0) is 4.74 Å². The van der Waals surface area contributed by atoms with Crippen LogP contribution in [0.15, 0.2) is 12.7 Å². The zero-order valence-electron chi connectivity index (χ0n) is 5.17. The van der Waals surface area contributed by atoms with Gasteiger partial charge in [-0.15, -0.1) is 6.58 Å². The van der Waals surface area contributed by atoms with Gasteiger partial charge in [0.15, 0.2) is 0 Å². The Hall–Kier alpha value is -0.0200. The van der Waals surface area contributed by atoms with Crippen LogP contribution in [0.5, 0.6) is 0 Å². The van der Waals surface area contributed by atoms with Gasteiger partial charge in [0.1, 0.15) is 0 Å². The average Bonchev–Trinajstić information content (AvgIpc) is 1.80. The standard InChI is InChI=1S/C6H10OS2/c1-2-3-4-5-7-6(8)9/h2H,1,3-5H2,(H,8,9). The van der Waals surface area contributed by atoms with Gasteiger partial charge in [-0.1, -0.05) is 18.7 Å². The van der Waals surface area contributed by atoms with E-state index in [4.69, 9.17) is 4.74 Å². The molecule has 0 aliphatic carbocycles. The molecule has 0 N–H and O–H groups in total. The fourth-order valence-corrected chi connectivity index (χ4v) is 0.562. The largest absolute Gasteiger partial charge is 0.479 e. The fourth-order valence-electron chi connectivity index (χ4n) is 0.387. The van der Waals surface area contributed by atoms with E-state index in [0.29, 0.717) is 11.0 Å². The lowest BCUT2D eigenvalue weighted by molar-refractivity contribution is 0.316. The molecule has 0 unspecified atom stereocenters. The normalized spacial score (nSPS) is 8.56. The molecular formula is C6H10OS2. The van der Waals surface area contributed by atoms with Crippen LogP contribution in [0.3, 0.4) is 0 Å². The molecular weight excluding hydrogens is 152 g/mol. The molecule has 0 heterocycles. The van der Waals surface area contributed by atoms with Crippen molar-refractivity contribution in [3.8, 4) is 0 Å². The van der Waals surface area contributed by atoms with E-state index in [2.05, 4.69) is 31.4 Å². The van der Waals surface area contributed by atoms with Crippen molar-refractivity contribution in [2.24, 2.45) is 0 Å². The van der Waals surface area contributed by atoms with Gasteiger partial charge in [-0.25, -0.2) is 0 Å². The van der Waals surface area contributed by atoms with Crippen molar-refractivity contribution in [2.45, 2.75) is 12.8 Å². The van der Waals surface area contributed by atoms with Gasteiger partial charge in [0, 0.05) is 0 Å². The van der Waals surface area contributed by atoms with E-state index in [9.17, 15) is 0 Å². The van der Waals surface area contributed by atoms with Gasteiger partial charge in [0.05, 0.1) is 6.61 Å². The Morgan fingerprint density at radius 3 is 2.89 bits per heavy atom. The SMILES string of the molecule is C=CCCCOC(=S)S. The highest BCUT2D eigenvalue weighted by atomic mass is 32.1. The summed E-state index contributed by atoms with van der Waals surface area (Å²) < 4.78 is 5.21. The highest BCUT2D eigenvalue weighted by molar-refractivity contribution is 8.10. The van der Waals surface area contributed by atoms with Crippen molar-refractivity contribution in [3.63, 3.8) is 0 Å². The summed E-state index contributed by atoms with van der Waals surface area (Å²) in [5.74, 6) is 0. The summed E-state index contributed by atoms with van der Waals surface area (Å²) >= 11 is 8.34. The Morgan fingerprint density at radius 1 is 1.78 bits per heavy atom.